The van der Waals surface area contributed by atoms with Crippen LogP contribution in [0.3, 0.4) is 0 Å². The third-order valence-corrected chi connectivity index (χ3v) is 7.99. The van der Waals surface area contributed by atoms with Gasteiger partial charge in [0, 0.05) is 20.6 Å². The molecule has 8 rings (SSSR count). The summed E-state index contributed by atoms with van der Waals surface area (Å²) in [5.41, 5.74) is 5.82. The van der Waals surface area contributed by atoms with Gasteiger partial charge in [-0.3, -0.25) is 0 Å². The van der Waals surface area contributed by atoms with Crippen molar-refractivity contribution in [1.29, 1.82) is 0 Å². The van der Waals surface area contributed by atoms with E-state index in [9.17, 15) is 0 Å². The van der Waals surface area contributed by atoms with E-state index in [1.54, 1.807) is 0 Å². The topological polar surface area (TPSA) is 26.3 Å². The zero-order chi connectivity index (χ0) is 23.1. The van der Waals surface area contributed by atoms with Crippen molar-refractivity contribution in [3.8, 4) is 11.1 Å². The second-order valence-electron chi connectivity index (χ2n) is 8.97. The van der Waals surface area contributed by atoms with Crippen molar-refractivity contribution in [2.45, 2.75) is 0 Å². The van der Waals surface area contributed by atoms with Gasteiger partial charge in [0.2, 0.25) is 0 Å². The second kappa shape index (κ2) is 6.97. The molecule has 0 aliphatic rings. The Kier molecular flexibility index (Phi) is 3.83. The predicted octanol–water partition coefficient (Wildman–Crippen LogP) is 10.2. The summed E-state index contributed by atoms with van der Waals surface area (Å²) in [5.74, 6) is 0. The van der Waals surface area contributed by atoms with Crippen LogP contribution in [-0.2, 0) is 0 Å². The van der Waals surface area contributed by atoms with Gasteiger partial charge in [-0.15, -0.1) is 0 Å². The van der Waals surface area contributed by atoms with E-state index >= 15 is 0 Å². The van der Waals surface area contributed by atoms with Crippen LogP contribution in [0.2, 0.25) is 0 Å². The molecule has 35 heavy (non-hydrogen) atoms. The van der Waals surface area contributed by atoms with Crippen molar-refractivity contribution in [3.05, 3.63) is 108 Å². The number of benzene rings is 6. The molecule has 2 heterocycles. The molecule has 0 fully saturated rings. The number of hydrogen-bond acceptors (Lipinski definition) is 2. The first-order valence-electron chi connectivity index (χ1n) is 11.6. The molecule has 8 aromatic rings. The van der Waals surface area contributed by atoms with Crippen LogP contribution in [0.1, 0.15) is 0 Å². The molecular weight excluding hydrogens is 496 g/mol. The van der Waals surface area contributed by atoms with E-state index in [1.807, 2.05) is 12.1 Å². The van der Waals surface area contributed by atoms with Gasteiger partial charge < -0.3 is 8.83 Å². The van der Waals surface area contributed by atoms with Gasteiger partial charge >= 0.3 is 0 Å². The average molecular weight is 513 g/mol. The SMILES string of the molecule is Brc1c2ccccc2c(-c2cccc3oc4ccc5c6ccccc6oc5c4c23)c2ccccc12. The number of fused-ring (bicyclic) bond motifs is 9. The number of rotatable bonds is 1. The predicted molar refractivity (Wildman–Crippen MR) is 149 cm³/mol. The molecule has 0 amide bonds. The first kappa shape index (κ1) is 19.2. The minimum Gasteiger partial charge on any atom is -0.456 e. The van der Waals surface area contributed by atoms with Crippen molar-refractivity contribution in [3.63, 3.8) is 0 Å². The number of halogens is 1. The van der Waals surface area contributed by atoms with Crippen LogP contribution in [0.15, 0.2) is 116 Å². The molecule has 2 nitrogen and oxygen atoms in total. The summed E-state index contributed by atoms with van der Waals surface area (Å²) in [6.45, 7) is 0. The lowest BCUT2D eigenvalue weighted by Crippen LogP contribution is -1.88. The Morgan fingerprint density at radius 3 is 1.77 bits per heavy atom. The van der Waals surface area contributed by atoms with E-state index in [0.29, 0.717) is 0 Å². The summed E-state index contributed by atoms with van der Waals surface area (Å²) in [7, 11) is 0. The minimum atomic E-state index is 0.838. The molecule has 0 N–H and O–H groups in total. The van der Waals surface area contributed by atoms with Crippen LogP contribution in [0.5, 0.6) is 0 Å². The molecule has 0 saturated heterocycles. The van der Waals surface area contributed by atoms with Gasteiger partial charge in [0.25, 0.3) is 0 Å². The van der Waals surface area contributed by atoms with E-state index in [0.717, 1.165) is 53.9 Å². The Hall–Kier alpha value is -4.08. The molecule has 0 bridgehead atoms. The maximum atomic E-state index is 6.45. The normalized spacial score (nSPS) is 12.1. The number of hydrogen-bond donors (Lipinski definition) is 0. The van der Waals surface area contributed by atoms with Crippen molar-refractivity contribution in [2.75, 3.05) is 0 Å². The highest BCUT2D eigenvalue weighted by Crippen LogP contribution is 2.47. The minimum absolute atomic E-state index is 0.838. The molecule has 0 aliphatic carbocycles. The molecule has 6 aromatic carbocycles. The van der Waals surface area contributed by atoms with Gasteiger partial charge in [0.05, 0.1) is 5.39 Å². The van der Waals surface area contributed by atoms with Crippen molar-refractivity contribution >= 4 is 81.4 Å². The number of furan rings is 2. The second-order valence-corrected chi connectivity index (χ2v) is 9.77. The first-order chi connectivity index (χ1) is 17.3. The molecule has 0 radical (unpaired) electrons. The molecule has 2 aromatic heterocycles. The van der Waals surface area contributed by atoms with Crippen molar-refractivity contribution in [2.24, 2.45) is 0 Å². The average Bonchev–Trinajstić information content (AvgIpc) is 3.47. The molecule has 0 saturated carbocycles. The van der Waals surface area contributed by atoms with Gasteiger partial charge in [-0.1, -0.05) is 78.9 Å². The molecule has 3 heteroatoms. The van der Waals surface area contributed by atoms with Crippen LogP contribution in [0.25, 0.3) is 76.5 Å². The molecule has 0 unspecified atom stereocenters. The van der Waals surface area contributed by atoms with E-state index in [2.05, 4.69) is 107 Å². The maximum absolute atomic E-state index is 6.45. The monoisotopic (exact) mass is 512 g/mol. The quantitative estimate of drug-likeness (QED) is 0.204. The summed E-state index contributed by atoms with van der Waals surface area (Å²) in [5, 5.41) is 9.14. The fourth-order valence-electron chi connectivity index (χ4n) is 5.66. The van der Waals surface area contributed by atoms with Gasteiger partial charge in [0.15, 0.2) is 0 Å². The van der Waals surface area contributed by atoms with Crippen molar-refractivity contribution < 1.29 is 8.83 Å². The summed E-state index contributed by atoms with van der Waals surface area (Å²) in [6.07, 6.45) is 0. The highest BCUT2D eigenvalue weighted by atomic mass is 79.9. The Balaban J connectivity index is 1.63. The highest BCUT2D eigenvalue weighted by Gasteiger charge is 2.21. The van der Waals surface area contributed by atoms with E-state index in [4.69, 9.17) is 8.83 Å². The standard InChI is InChI=1S/C32H17BrO2/c33-31-21-11-3-1-9-19(21)28(20-10-2-4-12-22(20)31)24-13-7-15-26-29(24)30-27(34-26)17-16-23-18-8-5-6-14-25(18)35-32(23)30/h1-17H. The van der Waals surface area contributed by atoms with Gasteiger partial charge in [-0.2, -0.15) is 0 Å². The highest BCUT2D eigenvalue weighted by molar-refractivity contribution is 9.10. The molecule has 0 aliphatic heterocycles. The third kappa shape index (κ3) is 2.53. The van der Waals surface area contributed by atoms with Gasteiger partial charge in [-0.05, 0) is 72.9 Å². The van der Waals surface area contributed by atoms with E-state index < -0.39 is 0 Å². The lowest BCUT2D eigenvalue weighted by Gasteiger charge is -2.15. The summed E-state index contributed by atoms with van der Waals surface area (Å²) >= 11 is 3.89. The lowest BCUT2D eigenvalue weighted by atomic mass is 9.89. The van der Waals surface area contributed by atoms with Crippen LogP contribution >= 0.6 is 15.9 Å². The number of para-hydroxylation sites is 1. The van der Waals surface area contributed by atoms with E-state index in [1.165, 1.54) is 27.1 Å². The third-order valence-electron chi connectivity index (χ3n) is 7.14. The van der Waals surface area contributed by atoms with Crippen LogP contribution < -0.4 is 0 Å². The molecule has 164 valence electrons. The Morgan fingerprint density at radius 1 is 0.429 bits per heavy atom. The van der Waals surface area contributed by atoms with Crippen molar-refractivity contribution in [1.82, 2.24) is 0 Å². The first-order valence-corrected chi connectivity index (χ1v) is 12.4. The van der Waals surface area contributed by atoms with Gasteiger partial charge in [0.1, 0.15) is 22.3 Å². The summed E-state index contributed by atoms with van der Waals surface area (Å²) < 4.78 is 14.0. The summed E-state index contributed by atoms with van der Waals surface area (Å²) in [6, 6.07) is 35.9. The largest absolute Gasteiger partial charge is 0.456 e. The Bertz CT molecular complexity index is 2070. The Labute approximate surface area is 208 Å². The van der Waals surface area contributed by atoms with Crippen LogP contribution in [0, 0.1) is 0 Å². The summed E-state index contributed by atoms with van der Waals surface area (Å²) in [4.78, 5) is 0. The van der Waals surface area contributed by atoms with E-state index in [-0.39, 0.29) is 0 Å². The maximum Gasteiger partial charge on any atom is 0.147 e. The molecule has 0 atom stereocenters. The fourth-order valence-corrected chi connectivity index (χ4v) is 6.35. The zero-order valence-electron chi connectivity index (χ0n) is 18.5. The lowest BCUT2D eigenvalue weighted by molar-refractivity contribution is 0.663. The van der Waals surface area contributed by atoms with Crippen LogP contribution in [0.4, 0.5) is 0 Å². The molecular formula is C32H17BrO2. The smallest absolute Gasteiger partial charge is 0.147 e. The zero-order valence-corrected chi connectivity index (χ0v) is 20.1. The fraction of sp³-hybridized carbons (Fsp3) is 0. The molecule has 0 spiro atoms. The Morgan fingerprint density at radius 2 is 1.03 bits per heavy atom. The van der Waals surface area contributed by atoms with Gasteiger partial charge in [-0.25, -0.2) is 0 Å². The van der Waals surface area contributed by atoms with Crippen LogP contribution in [-0.4, -0.2) is 0 Å².